The summed E-state index contributed by atoms with van der Waals surface area (Å²) in [5, 5.41) is 14.6. The topological polar surface area (TPSA) is 63.3 Å². The van der Waals surface area contributed by atoms with Crippen LogP contribution in [0.5, 0.6) is 0 Å². The Labute approximate surface area is 294 Å². The molecule has 0 saturated carbocycles. The quantitative estimate of drug-likeness (QED) is 0.0696. The zero-order chi connectivity index (χ0) is 34.0. The number of carbonyl (C=O) groups is 1. The van der Waals surface area contributed by atoms with E-state index in [1.807, 2.05) is 60.6 Å². The maximum atomic E-state index is 13.7. The Morgan fingerprint density at radius 3 is 2.15 bits per heavy atom. The molecule has 5 aromatic rings. The van der Waals surface area contributed by atoms with Crippen molar-refractivity contribution in [1.82, 2.24) is 4.98 Å². The van der Waals surface area contributed by atoms with Crippen molar-refractivity contribution < 1.29 is 38.8 Å². The smallest absolute Gasteiger partial charge is 0.164 e. The molecule has 0 bridgehead atoms. The van der Waals surface area contributed by atoms with E-state index < -0.39 is 8.07 Å². The summed E-state index contributed by atoms with van der Waals surface area (Å²) >= 11 is 0. The summed E-state index contributed by atoms with van der Waals surface area (Å²) in [6.45, 7) is 21.1. The van der Waals surface area contributed by atoms with Gasteiger partial charge in [0.1, 0.15) is 17.2 Å². The van der Waals surface area contributed by atoms with E-state index in [1.54, 1.807) is 6.07 Å². The van der Waals surface area contributed by atoms with Crippen molar-refractivity contribution in [3.8, 4) is 11.3 Å². The summed E-state index contributed by atoms with van der Waals surface area (Å²) in [6.07, 6.45) is 4.75. The van der Waals surface area contributed by atoms with Crippen LogP contribution in [0.1, 0.15) is 72.8 Å². The Bertz CT molecular complexity index is 1910. The Kier molecular flexibility index (Phi) is 12.2. The van der Waals surface area contributed by atoms with Crippen LogP contribution in [-0.4, -0.2) is 23.9 Å². The Morgan fingerprint density at radius 2 is 1.55 bits per heavy atom. The summed E-state index contributed by atoms with van der Waals surface area (Å²) in [4.78, 5) is 17.1. The third-order valence-electron chi connectivity index (χ3n) is 10.0. The fraction of sp³-hybridized carbons (Fsp3) is 0.400. The molecule has 0 aliphatic heterocycles. The molecular formula is C40H49FIrNO3Si-. The molecule has 0 fully saturated rings. The minimum absolute atomic E-state index is 0. The number of furan rings is 1. The van der Waals surface area contributed by atoms with Gasteiger partial charge in [-0.3, -0.25) is 9.78 Å². The van der Waals surface area contributed by atoms with Crippen molar-refractivity contribution in [2.24, 2.45) is 10.8 Å². The Balaban J connectivity index is 0.000000290. The van der Waals surface area contributed by atoms with E-state index in [1.165, 1.54) is 23.4 Å². The molecule has 47 heavy (non-hydrogen) atoms. The second-order valence-electron chi connectivity index (χ2n) is 14.1. The van der Waals surface area contributed by atoms with Crippen molar-refractivity contribution in [3.05, 3.63) is 83.9 Å². The van der Waals surface area contributed by atoms with Gasteiger partial charge in [-0.25, -0.2) is 4.39 Å². The zero-order valence-electron chi connectivity index (χ0n) is 29.5. The first-order valence-electron chi connectivity index (χ1n) is 16.5. The summed E-state index contributed by atoms with van der Waals surface area (Å²) in [5.41, 5.74) is 4.21. The maximum absolute atomic E-state index is 13.7. The van der Waals surface area contributed by atoms with Crippen LogP contribution < -0.4 is 5.19 Å². The molecule has 2 aromatic heterocycles. The molecule has 3 aromatic carbocycles. The van der Waals surface area contributed by atoms with Gasteiger partial charge in [0.25, 0.3) is 0 Å². The van der Waals surface area contributed by atoms with Crippen molar-refractivity contribution in [2.75, 3.05) is 0 Å². The van der Waals surface area contributed by atoms with E-state index in [2.05, 4.69) is 50.0 Å². The number of halogens is 1. The van der Waals surface area contributed by atoms with Gasteiger partial charge in [0.05, 0.1) is 19.2 Å². The molecule has 4 nitrogen and oxygen atoms in total. The predicted molar refractivity (Wildman–Crippen MR) is 194 cm³/mol. The number of aryl methyl sites for hydroxylation is 1. The number of hydrogen-bond donors (Lipinski definition) is 1. The molecule has 0 spiro atoms. The number of rotatable bonds is 9. The average molecular weight is 831 g/mol. The zero-order valence-corrected chi connectivity index (χ0v) is 32.9. The van der Waals surface area contributed by atoms with Crippen molar-refractivity contribution in [3.63, 3.8) is 0 Å². The number of fused-ring (bicyclic) bond motifs is 4. The predicted octanol–water partition coefficient (Wildman–Crippen LogP) is 11.2. The van der Waals surface area contributed by atoms with Crippen molar-refractivity contribution in [2.45, 2.75) is 93.8 Å². The summed E-state index contributed by atoms with van der Waals surface area (Å²) < 4.78 is 19.7. The largest absolute Gasteiger partial charge is 0.512 e. The number of aliphatic hydroxyl groups excluding tert-OH is 1. The number of aromatic nitrogens is 1. The van der Waals surface area contributed by atoms with Gasteiger partial charge in [-0.1, -0.05) is 109 Å². The van der Waals surface area contributed by atoms with Crippen LogP contribution in [0, 0.1) is 29.6 Å². The van der Waals surface area contributed by atoms with E-state index in [4.69, 9.17) is 9.40 Å². The first-order chi connectivity index (χ1) is 21.6. The molecule has 253 valence electrons. The number of nitrogens with zero attached hydrogens (tertiary/aromatic N) is 1. The van der Waals surface area contributed by atoms with Crippen LogP contribution in [-0.2, 0) is 24.9 Å². The van der Waals surface area contributed by atoms with E-state index in [0.717, 1.165) is 64.2 Å². The Hall–Kier alpha value is -3.12. The fourth-order valence-corrected chi connectivity index (χ4v) is 6.69. The minimum Gasteiger partial charge on any atom is -0.512 e. The van der Waals surface area contributed by atoms with E-state index in [9.17, 15) is 14.3 Å². The van der Waals surface area contributed by atoms with E-state index >= 15 is 0 Å². The first kappa shape index (κ1) is 38.3. The van der Waals surface area contributed by atoms with Gasteiger partial charge >= 0.3 is 0 Å². The van der Waals surface area contributed by atoms with Gasteiger partial charge in [-0.15, -0.1) is 17.7 Å². The third-order valence-corrected chi connectivity index (χ3v) is 12.1. The molecule has 0 atom stereocenters. The molecule has 0 amide bonds. The molecule has 1 N–H and O–H groups in total. The molecule has 2 heterocycles. The van der Waals surface area contributed by atoms with Gasteiger partial charge in [0.2, 0.25) is 0 Å². The van der Waals surface area contributed by atoms with Crippen molar-refractivity contribution >= 4 is 51.9 Å². The van der Waals surface area contributed by atoms with Crippen LogP contribution in [0.4, 0.5) is 4.39 Å². The molecular weight excluding hydrogens is 782 g/mol. The maximum Gasteiger partial charge on any atom is 0.164 e. The van der Waals surface area contributed by atoms with Crippen LogP contribution in [0.15, 0.2) is 70.8 Å². The number of pyridine rings is 1. The average Bonchev–Trinajstić information content (AvgIpc) is 3.39. The number of hydrogen-bond acceptors (Lipinski definition) is 4. The monoisotopic (exact) mass is 831 g/mol. The van der Waals surface area contributed by atoms with Crippen LogP contribution in [0.25, 0.3) is 44.1 Å². The van der Waals surface area contributed by atoms with Gasteiger partial charge in [-0.05, 0) is 55.0 Å². The second-order valence-corrected chi connectivity index (χ2v) is 19.2. The second kappa shape index (κ2) is 15.0. The standard InChI is InChI=1S/C25H21FNOSi.C15H28O2.Ir/c1-15-11-20-19-8-6-17(26)14-24(19)28-25(20)21(12-15)23-9-5-16-13-18(29(2,3)4)7-10-22(16)27-23;1-7-14(5,8-2)12(16)11-13(17)15(6,9-3)10-4;/h5-11,13-14H,1-4H3;11,16H,7-10H2,1-6H3;/q-1;;/b;12-11-;. The SMILES string of the molecule is CCC(C)(CC)C(=O)/C=C(\O)C(C)(CC)CC.Cc1[c-]c(-c2ccc3cc([Si](C)(C)C)ccc3n2)c2oc3cc(F)ccc3c2c1.[Ir]. The number of allylic oxidation sites excluding steroid dienone is 2. The van der Waals surface area contributed by atoms with Crippen molar-refractivity contribution in [1.29, 1.82) is 0 Å². The molecule has 7 heteroatoms. The molecule has 0 unspecified atom stereocenters. The number of carbonyl (C=O) groups excluding carboxylic acids is 1. The fourth-order valence-electron chi connectivity index (χ4n) is 5.52. The first-order valence-corrected chi connectivity index (χ1v) is 20.0. The Morgan fingerprint density at radius 1 is 0.915 bits per heavy atom. The van der Waals surface area contributed by atoms with E-state index in [-0.39, 0.29) is 48.3 Å². The number of aliphatic hydroxyl groups is 1. The summed E-state index contributed by atoms with van der Waals surface area (Å²) in [6, 6.07) is 20.8. The summed E-state index contributed by atoms with van der Waals surface area (Å²) in [7, 11) is -1.38. The van der Waals surface area contributed by atoms with Gasteiger partial charge < -0.3 is 9.52 Å². The molecule has 1 radical (unpaired) electrons. The molecule has 5 rings (SSSR count). The number of ketones is 1. The van der Waals surface area contributed by atoms with Gasteiger partial charge in [0, 0.05) is 48.5 Å². The van der Waals surface area contributed by atoms with E-state index in [0.29, 0.717) is 11.2 Å². The van der Waals surface area contributed by atoms with Crippen LogP contribution >= 0.6 is 0 Å². The molecule has 0 aliphatic rings. The van der Waals surface area contributed by atoms with Gasteiger partial charge in [0.15, 0.2) is 5.78 Å². The van der Waals surface area contributed by atoms with Crippen LogP contribution in [0.2, 0.25) is 19.6 Å². The number of benzene rings is 3. The van der Waals surface area contributed by atoms with Crippen LogP contribution in [0.3, 0.4) is 0 Å². The van der Waals surface area contributed by atoms with Gasteiger partial charge in [-0.2, -0.15) is 0 Å². The summed E-state index contributed by atoms with van der Waals surface area (Å²) in [5.74, 6) is -0.0189. The molecule has 0 aliphatic carbocycles. The third kappa shape index (κ3) is 8.13. The minimum atomic E-state index is -1.38. The normalized spacial score (nSPS) is 12.6. The molecule has 0 saturated heterocycles.